The largest absolute Gasteiger partial charge is 0.489 e. The van der Waals surface area contributed by atoms with Crippen molar-refractivity contribution >= 4 is 11.4 Å². The molecule has 0 bridgehead atoms. The van der Waals surface area contributed by atoms with Gasteiger partial charge in [-0.2, -0.15) is 0 Å². The maximum absolute atomic E-state index is 6.34. The van der Waals surface area contributed by atoms with Crippen LogP contribution >= 0.6 is 0 Å². The van der Waals surface area contributed by atoms with E-state index >= 15 is 0 Å². The molecule has 1 aliphatic carbocycles. The standard InChI is InChI=1S/C16H24N2O2/c1-11(2)20-15-8-4-6-13(16(15)17)18-9-10-19-14-7-3-5-12(14)18/h4,6,8,11-12,14H,3,5,7,9-10,17H2,1-2H3. The van der Waals surface area contributed by atoms with Crippen LogP contribution in [0.1, 0.15) is 33.1 Å². The predicted octanol–water partition coefficient (Wildman–Crippen LogP) is 2.81. The highest BCUT2D eigenvalue weighted by atomic mass is 16.5. The first kappa shape index (κ1) is 13.6. The summed E-state index contributed by atoms with van der Waals surface area (Å²) in [6.45, 7) is 5.74. The van der Waals surface area contributed by atoms with Gasteiger partial charge in [-0.05, 0) is 45.2 Å². The van der Waals surface area contributed by atoms with Crippen LogP contribution in [0.4, 0.5) is 11.4 Å². The molecule has 1 aromatic rings. The minimum atomic E-state index is 0.136. The fourth-order valence-electron chi connectivity index (χ4n) is 3.36. The van der Waals surface area contributed by atoms with Crippen LogP contribution in [0.25, 0.3) is 0 Å². The number of fused-ring (bicyclic) bond motifs is 1. The average Bonchev–Trinajstić information content (AvgIpc) is 2.89. The number of nitrogen functional groups attached to an aromatic ring is 1. The molecule has 2 fully saturated rings. The van der Waals surface area contributed by atoms with E-state index in [0.29, 0.717) is 12.1 Å². The number of anilines is 2. The molecule has 1 aromatic carbocycles. The molecule has 0 spiro atoms. The Hall–Kier alpha value is -1.42. The van der Waals surface area contributed by atoms with Crippen molar-refractivity contribution < 1.29 is 9.47 Å². The summed E-state index contributed by atoms with van der Waals surface area (Å²) in [5.41, 5.74) is 8.20. The molecule has 2 N–H and O–H groups in total. The first-order valence-corrected chi connectivity index (χ1v) is 7.60. The fraction of sp³-hybridized carbons (Fsp3) is 0.625. The van der Waals surface area contributed by atoms with Crippen molar-refractivity contribution in [1.82, 2.24) is 0 Å². The Balaban J connectivity index is 1.89. The summed E-state index contributed by atoms with van der Waals surface area (Å²) in [7, 11) is 0. The van der Waals surface area contributed by atoms with E-state index in [1.807, 2.05) is 26.0 Å². The molecule has 110 valence electrons. The number of benzene rings is 1. The number of hydrogen-bond donors (Lipinski definition) is 1. The van der Waals surface area contributed by atoms with Crippen molar-refractivity contribution in [3.05, 3.63) is 18.2 Å². The van der Waals surface area contributed by atoms with Gasteiger partial charge in [-0.1, -0.05) is 6.07 Å². The molecular formula is C16H24N2O2. The summed E-state index contributed by atoms with van der Waals surface area (Å²) in [4.78, 5) is 2.42. The summed E-state index contributed by atoms with van der Waals surface area (Å²) in [6, 6.07) is 6.55. The number of morpholine rings is 1. The van der Waals surface area contributed by atoms with Gasteiger partial charge in [0.05, 0.1) is 36.2 Å². The van der Waals surface area contributed by atoms with Crippen LogP contribution in [0.15, 0.2) is 18.2 Å². The third kappa shape index (κ3) is 2.44. The number of ether oxygens (including phenoxy) is 2. The molecule has 1 saturated carbocycles. The van der Waals surface area contributed by atoms with Gasteiger partial charge in [0, 0.05) is 6.54 Å². The molecular weight excluding hydrogens is 252 g/mol. The monoisotopic (exact) mass is 276 g/mol. The lowest BCUT2D eigenvalue weighted by molar-refractivity contribution is 0.0257. The molecule has 4 nitrogen and oxygen atoms in total. The number of para-hydroxylation sites is 1. The number of hydrogen-bond acceptors (Lipinski definition) is 4. The Bertz CT molecular complexity index is 476. The second-order valence-electron chi connectivity index (χ2n) is 5.96. The summed E-state index contributed by atoms with van der Waals surface area (Å²) >= 11 is 0. The van der Waals surface area contributed by atoms with Gasteiger partial charge in [0.2, 0.25) is 0 Å². The Labute approximate surface area is 120 Å². The molecule has 0 radical (unpaired) electrons. The van der Waals surface area contributed by atoms with Crippen molar-refractivity contribution in [2.45, 2.75) is 51.4 Å². The second-order valence-corrected chi connectivity index (χ2v) is 5.96. The molecule has 3 rings (SSSR count). The maximum Gasteiger partial charge on any atom is 0.144 e. The summed E-state index contributed by atoms with van der Waals surface area (Å²) in [5, 5.41) is 0. The zero-order valence-electron chi connectivity index (χ0n) is 12.3. The van der Waals surface area contributed by atoms with Gasteiger partial charge in [0.15, 0.2) is 0 Å². The van der Waals surface area contributed by atoms with E-state index < -0.39 is 0 Å². The second kappa shape index (κ2) is 5.52. The molecule has 2 atom stereocenters. The summed E-state index contributed by atoms with van der Waals surface area (Å²) in [6.07, 6.45) is 4.12. The highest BCUT2D eigenvalue weighted by molar-refractivity contribution is 5.74. The Morgan fingerprint density at radius 2 is 2.20 bits per heavy atom. The minimum Gasteiger partial charge on any atom is -0.489 e. The SMILES string of the molecule is CC(C)Oc1cccc(N2CCOC3CCCC32)c1N. The zero-order valence-corrected chi connectivity index (χ0v) is 12.3. The van der Waals surface area contributed by atoms with Gasteiger partial charge in [-0.15, -0.1) is 0 Å². The molecule has 0 aromatic heterocycles. The third-order valence-corrected chi connectivity index (χ3v) is 4.20. The summed E-state index contributed by atoms with van der Waals surface area (Å²) < 4.78 is 11.7. The average molecular weight is 276 g/mol. The quantitative estimate of drug-likeness (QED) is 0.862. The number of nitrogens with two attached hydrogens (primary N) is 1. The van der Waals surface area contributed by atoms with E-state index in [1.54, 1.807) is 0 Å². The topological polar surface area (TPSA) is 47.7 Å². The molecule has 20 heavy (non-hydrogen) atoms. The molecule has 4 heteroatoms. The highest BCUT2D eigenvalue weighted by Crippen LogP contribution is 2.39. The van der Waals surface area contributed by atoms with E-state index in [-0.39, 0.29) is 6.10 Å². The van der Waals surface area contributed by atoms with Crippen LogP contribution in [-0.2, 0) is 4.74 Å². The van der Waals surface area contributed by atoms with Crippen molar-refractivity contribution in [3.63, 3.8) is 0 Å². The number of nitrogens with zero attached hydrogens (tertiary/aromatic N) is 1. The Morgan fingerprint density at radius 3 is 3.00 bits per heavy atom. The summed E-state index contributed by atoms with van der Waals surface area (Å²) in [5.74, 6) is 0.790. The number of rotatable bonds is 3. The molecule has 1 saturated heterocycles. The van der Waals surface area contributed by atoms with Gasteiger partial charge in [0.1, 0.15) is 5.75 Å². The van der Waals surface area contributed by atoms with E-state index in [9.17, 15) is 0 Å². The zero-order chi connectivity index (χ0) is 14.1. The van der Waals surface area contributed by atoms with Gasteiger partial charge in [-0.3, -0.25) is 0 Å². The minimum absolute atomic E-state index is 0.136. The van der Waals surface area contributed by atoms with Crippen LogP contribution < -0.4 is 15.4 Å². The lowest BCUT2D eigenvalue weighted by Gasteiger charge is -2.40. The van der Waals surface area contributed by atoms with E-state index in [2.05, 4.69) is 11.0 Å². The van der Waals surface area contributed by atoms with Crippen LogP contribution in [0.2, 0.25) is 0 Å². The Morgan fingerprint density at radius 1 is 1.35 bits per heavy atom. The third-order valence-electron chi connectivity index (χ3n) is 4.20. The van der Waals surface area contributed by atoms with Gasteiger partial charge < -0.3 is 20.1 Å². The normalized spacial score (nSPS) is 25.9. The first-order valence-electron chi connectivity index (χ1n) is 7.60. The predicted molar refractivity (Wildman–Crippen MR) is 81.3 cm³/mol. The smallest absolute Gasteiger partial charge is 0.144 e. The molecule has 1 aliphatic heterocycles. The molecule has 1 heterocycles. The maximum atomic E-state index is 6.34. The van der Waals surface area contributed by atoms with E-state index in [4.69, 9.17) is 15.2 Å². The molecule has 2 aliphatic rings. The Kier molecular flexibility index (Phi) is 3.74. The highest BCUT2D eigenvalue weighted by Gasteiger charge is 2.37. The van der Waals surface area contributed by atoms with Crippen molar-refractivity contribution in [2.24, 2.45) is 0 Å². The molecule has 2 unspecified atom stereocenters. The molecule has 0 amide bonds. The lowest BCUT2D eigenvalue weighted by atomic mass is 10.1. The van der Waals surface area contributed by atoms with Crippen molar-refractivity contribution in [1.29, 1.82) is 0 Å². The fourth-order valence-corrected chi connectivity index (χ4v) is 3.36. The van der Waals surface area contributed by atoms with Gasteiger partial charge in [-0.25, -0.2) is 0 Å². The van der Waals surface area contributed by atoms with Crippen molar-refractivity contribution in [2.75, 3.05) is 23.8 Å². The van der Waals surface area contributed by atoms with E-state index in [0.717, 1.165) is 30.3 Å². The lowest BCUT2D eigenvalue weighted by Crippen LogP contribution is -2.48. The van der Waals surface area contributed by atoms with Crippen LogP contribution in [-0.4, -0.2) is 31.4 Å². The van der Waals surface area contributed by atoms with Gasteiger partial charge >= 0.3 is 0 Å². The van der Waals surface area contributed by atoms with Crippen LogP contribution in [0, 0.1) is 0 Å². The van der Waals surface area contributed by atoms with E-state index in [1.165, 1.54) is 19.3 Å². The van der Waals surface area contributed by atoms with Crippen molar-refractivity contribution in [3.8, 4) is 5.75 Å². The van der Waals surface area contributed by atoms with Gasteiger partial charge in [0.25, 0.3) is 0 Å². The van der Waals surface area contributed by atoms with Crippen LogP contribution in [0.5, 0.6) is 5.75 Å². The first-order chi connectivity index (χ1) is 9.66. The van der Waals surface area contributed by atoms with Crippen LogP contribution in [0.3, 0.4) is 0 Å².